The Morgan fingerprint density at radius 2 is 1.75 bits per heavy atom. The number of nitrogens with zero attached hydrogens (tertiary/aromatic N) is 1. The highest BCUT2D eigenvalue weighted by atomic mass is 16.3. The molecule has 164 valence electrons. The number of carbonyl (C=O) groups is 1. The first-order valence-corrected chi connectivity index (χ1v) is 10.7. The molecule has 28 heavy (non-hydrogen) atoms. The molecule has 8 nitrogen and oxygen atoms in total. The van der Waals surface area contributed by atoms with Crippen molar-refractivity contribution in [2.24, 2.45) is 0 Å². The zero-order valence-corrected chi connectivity index (χ0v) is 16.9. The molecule has 2 rings (SSSR count). The Balaban J connectivity index is 1.62. The number of rotatable bonds is 10. The van der Waals surface area contributed by atoms with E-state index >= 15 is 0 Å². The summed E-state index contributed by atoms with van der Waals surface area (Å²) in [4.78, 5) is 13.4. The second-order valence-corrected chi connectivity index (χ2v) is 8.37. The molecule has 2 aliphatic heterocycles. The number of nitrogens with one attached hydrogen (secondary N) is 1. The average molecular weight is 403 g/mol. The quantitative estimate of drug-likeness (QED) is 0.272. The van der Waals surface area contributed by atoms with Crippen molar-refractivity contribution in [2.45, 2.75) is 107 Å². The normalized spacial score (nSPS) is 33.1. The maximum atomic E-state index is 11.7. The molecule has 7 atom stereocenters. The van der Waals surface area contributed by atoms with Gasteiger partial charge in [-0.05, 0) is 32.1 Å². The van der Waals surface area contributed by atoms with E-state index in [1.165, 1.54) is 6.92 Å². The van der Waals surface area contributed by atoms with E-state index < -0.39 is 30.5 Å². The van der Waals surface area contributed by atoms with Crippen molar-refractivity contribution in [3.8, 4) is 0 Å². The summed E-state index contributed by atoms with van der Waals surface area (Å²) in [6.07, 6.45) is 3.83. The third-order valence-electron chi connectivity index (χ3n) is 6.31. The van der Waals surface area contributed by atoms with Gasteiger partial charge >= 0.3 is 0 Å². The molecule has 2 aliphatic rings. The van der Waals surface area contributed by atoms with Gasteiger partial charge in [0.2, 0.25) is 5.91 Å². The molecule has 1 unspecified atom stereocenters. The standard InChI is InChI=1S/C20H38N2O6/c1-13(24)22-11-7-6-9-16(22)20(28)17(25)10-5-3-2-4-8-14-18(26)19(27)15(12-23)21-14/h14-21,23,25-28H,2-12H2,1H3/t14-,15-,16?,17+,18-,19-,20+/m1/s1. The largest absolute Gasteiger partial charge is 0.395 e. The average Bonchev–Trinajstić information content (AvgIpc) is 2.97. The van der Waals surface area contributed by atoms with Gasteiger partial charge in [0.15, 0.2) is 0 Å². The lowest BCUT2D eigenvalue weighted by Gasteiger charge is -2.39. The molecular formula is C20H38N2O6. The third kappa shape index (κ3) is 6.11. The van der Waals surface area contributed by atoms with Crippen LogP contribution in [0.2, 0.25) is 0 Å². The minimum absolute atomic E-state index is 0.0489. The zero-order chi connectivity index (χ0) is 20.7. The topological polar surface area (TPSA) is 133 Å². The highest BCUT2D eigenvalue weighted by Crippen LogP contribution is 2.24. The van der Waals surface area contributed by atoms with E-state index in [4.69, 9.17) is 5.11 Å². The lowest BCUT2D eigenvalue weighted by molar-refractivity contribution is -0.138. The van der Waals surface area contributed by atoms with Gasteiger partial charge in [-0.15, -0.1) is 0 Å². The van der Waals surface area contributed by atoms with Crippen molar-refractivity contribution >= 4 is 5.91 Å². The van der Waals surface area contributed by atoms with E-state index in [9.17, 15) is 25.2 Å². The molecule has 1 amide bonds. The van der Waals surface area contributed by atoms with E-state index in [1.807, 2.05) is 0 Å². The predicted octanol–water partition coefficient (Wildman–Crippen LogP) is -0.496. The zero-order valence-electron chi connectivity index (χ0n) is 16.9. The van der Waals surface area contributed by atoms with Crippen LogP contribution in [-0.4, -0.2) is 92.0 Å². The molecule has 0 aromatic rings. The minimum Gasteiger partial charge on any atom is -0.395 e. The highest BCUT2D eigenvalue weighted by Gasteiger charge is 2.39. The Labute approximate surface area is 167 Å². The summed E-state index contributed by atoms with van der Waals surface area (Å²) in [5.41, 5.74) is 0. The SMILES string of the molecule is CC(=O)N1CCCCC1[C@H](O)[C@@H](O)CCCCCC[C@H]1N[C@H](CO)[C@@H](O)[C@@H]1O. The molecule has 2 saturated heterocycles. The van der Waals surface area contributed by atoms with Crippen molar-refractivity contribution < 1.29 is 30.3 Å². The van der Waals surface area contributed by atoms with Crippen LogP contribution in [0.15, 0.2) is 0 Å². The van der Waals surface area contributed by atoms with Crippen molar-refractivity contribution in [1.29, 1.82) is 0 Å². The van der Waals surface area contributed by atoms with Gasteiger partial charge in [0, 0.05) is 19.5 Å². The summed E-state index contributed by atoms with van der Waals surface area (Å²) in [5, 5.41) is 52.8. The number of piperidine rings is 1. The van der Waals surface area contributed by atoms with Crippen LogP contribution in [0, 0.1) is 0 Å². The number of likely N-dealkylation sites (tertiary alicyclic amines) is 1. The fourth-order valence-corrected chi connectivity index (χ4v) is 4.56. The maximum absolute atomic E-state index is 11.7. The van der Waals surface area contributed by atoms with Crippen LogP contribution in [-0.2, 0) is 4.79 Å². The Morgan fingerprint density at radius 1 is 1.07 bits per heavy atom. The van der Waals surface area contributed by atoms with E-state index in [0.717, 1.165) is 51.4 Å². The van der Waals surface area contributed by atoms with Crippen LogP contribution in [0.1, 0.15) is 64.7 Å². The first kappa shape index (κ1) is 23.5. The summed E-state index contributed by atoms with van der Waals surface area (Å²) in [7, 11) is 0. The second kappa shape index (κ2) is 11.4. The lowest BCUT2D eigenvalue weighted by Crippen LogP contribution is -2.52. The molecule has 6 N–H and O–H groups in total. The number of carbonyl (C=O) groups excluding carboxylic acids is 1. The molecule has 0 radical (unpaired) electrons. The fraction of sp³-hybridized carbons (Fsp3) is 0.950. The van der Waals surface area contributed by atoms with Crippen molar-refractivity contribution in [3.05, 3.63) is 0 Å². The van der Waals surface area contributed by atoms with E-state index in [-0.39, 0.29) is 24.6 Å². The van der Waals surface area contributed by atoms with E-state index in [2.05, 4.69) is 5.32 Å². The number of aliphatic hydroxyl groups is 5. The summed E-state index contributed by atoms with van der Waals surface area (Å²) >= 11 is 0. The Bertz CT molecular complexity index is 480. The van der Waals surface area contributed by atoms with Crippen LogP contribution < -0.4 is 5.32 Å². The van der Waals surface area contributed by atoms with Gasteiger partial charge in [0.05, 0.1) is 37.0 Å². The van der Waals surface area contributed by atoms with E-state index in [0.29, 0.717) is 13.0 Å². The van der Waals surface area contributed by atoms with Crippen LogP contribution >= 0.6 is 0 Å². The van der Waals surface area contributed by atoms with Gasteiger partial charge in [0.1, 0.15) is 6.10 Å². The summed E-state index contributed by atoms with van der Waals surface area (Å²) in [6, 6.07) is -0.962. The Morgan fingerprint density at radius 3 is 2.39 bits per heavy atom. The molecule has 8 heteroatoms. The summed E-state index contributed by atoms with van der Waals surface area (Å²) < 4.78 is 0. The van der Waals surface area contributed by atoms with Crippen molar-refractivity contribution in [3.63, 3.8) is 0 Å². The lowest BCUT2D eigenvalue weighted by atomic mass is 9.92. The van der Waals surface area contributed by atoms with Gasteiger partial charge in [-0.3, -0.25) is 4.79 Å². The molecule has 0 aliphatic carbocycles. The van der Waals surface area contributed by atoms with Gasteiger partial charge in [-0.25, -0.2) is 0 Å². The molecule has 2 fully saturated rings. The number of unbranched alkanes of at least 4 members (excludes halogenated alkanes) is 3. The number of aliphatic hydroxyl groups excluding tert-OH is 5. The summed E-state index contributed by atoms with van der Waals surface area (Å²) in [5.74, 6) is -0.0489. The summed E-state index contributed by atoms with van der Waals surface area (Å²) in [6.45, 7) is 1.96. The van der Waals surface area contributed by atoms with E-state index in [1.54, 1.807) is 4.90 Å². The highest BCUT2D eigenvalue weighted by molar-refractivity contribution is 5.73. The van der Waals surface area contributed by atoms with Crippen LogP contribution in [0.25, 0.3) is 0 Å². The Hall–Kier alpha value is -0.770. The number of hydrogen-bond acceptors (Lipinski definition) is 7. The molecule has 0 saturated carbocycles. The molecule has 2 heterocycles. The fourth-order valence-electron chi connectivity index (χ4n) is 4.56. The molecule has 0 spiro atoms. The minimum atomic E-state index is -0.930. The van der Waals surface area contributed by atoms with Crippen LogP contribution in [0.5, 0.6) is 0 Å². The smallest absolute Gasteiger partial charge is 0.219 e. The molecule has 0 aromatic carbocycles. The first-order chi connectivity index (χ1) is 13.4. The first-order valence-electron chi connectivity index (χ1n) is 10.7. The van der Waals surface area contributed by atoms with Gasteiger partial charge in [-0.1, -0.05) is 25.7 Å². The molecule has 0 aromatic heterocycles. The monoisotopic (exact) mass is 402 g/mol. The van der Waals surface area contributed by atoms with Crippen LogP contribution in [0.4, 0.5) is 0 Å². The predicted molar refractivity (Wildman–Crippen MR) is 105 cm³/mol. The third-order valence-corrected chi connectivity index (χ3v) is 6.31. The second-order valence-electron chi connectivity index (χ2n) is 8.37. The Kier molecular flexibility index (Phi) is 9.59. The van der Waals surface area contributed by atoms with Gasteiger partial charge < -0.3 is 35.7 Å². The van der Waals surface area contributed by atoms with Crippen LogP contribution in [0.3, 0.4) is 0 Å². The van der Waals surface area contributed by atoms with Gasteiger partial charge in [-0.2, -0.15) is 0 Å². The number of hydrogen-bond donors (Lipinski definition) is 6. The number of amides is 1. The molecule has 0 bridgehead atoms. The van der Waals surface area contributed by atoms with Gasteiger partial charge in [0.25, 0.3) is 0 Å². The van der Waals surface area contributed by atoms with Crippen molar-refractivity contribution in [2.75, 3.05) is 13.2 Å². The maximum Gasteiger partial charge on any atom is 0.219 e. The molecular weight excluding hydrogens is 364 g/mol. The van der Waals surface area contributed by atoms with Crippen molar-refractivity contribution in [1.82, 2.24) is 10.2 Å².